The number of benzene rings is 1. The van der Waals surface area contributed by atoms with E-state index in [0.717, 1.165) is 4.88 Å². The van der Waals surface area contributed by atoms with E-state index in [9.17, 15) is 0 Å². The van der Waals surface area contributed by atoms with Crippen molar-refractivity contribution in [3.63, 3.8) is 0 Å². The van der Waals surface area contributed by atoms with Crippen LogP contribution < -0.4 is 10.5 Å². The lowest BCUT2D eigenvalue weighted by Crippen LogP contribution is -1.94. The third-order valence-electron chi connectivity index (χ3n) is 1.81. The fourth-order valence-corrected chi connectivity index (χ4v) is 1.85. The van der Waals surface area contributed by atoms with Crippen molar-refractivity contribution in [3.8, 4) is 5.75 Å². The summed E-state index contributed by atoms with van der Waals surface area (Å²) in [6.07, 6.45) is 1.77. The smallest absolute Gasteiger partial charge is 0.138 e. The zero-order valence-electron chi connectivity index (χ0n) is 7.81. The molecule has 0 bridgehead atoms. The molecule has 1 aromatic heterocycles. The fourth-order valence-electron chi connectivity index (χ4n) is 1.10. The first kappa shape index (κ1) is 10.3. The fraction of sp³-hybridized carbons (Fsp3) is 0.100. The minimum Gasteiger partial charge on any atom is -0.486 e. The van der Waals surface area contributed by atoms with Gasteiger partial charge in [0, 0.05) is 11.9 Å². The van der Waals surface area contributed by atoms with Gasteiger partial charge in [-0.3, -0.25) is 4.98 Å². The molecular weight excluding hydrogens is 232 g/mol. The number of thiazole rings is 1. The van der Waals surface area contributed by atoms with E-state index >= 15 is 0 Å². The largest absolute Gasteiger partial charge is 0.486 e. The quantitative estimate of drug-likeness (QED) is 0.840. The van der Waals surface area contributed by atoms with Crippen LogP contribution in [0.4, 0.5) is 5.69 Å². The molecule has 0 amide bonds. The van der Waals surface area contributed by atoms with E-state index in [4.69, 9.17) is 22.1 Å². The Balaban J connectivity index is 2.05. The topological polar surface area (TPSA) is 48.1 Å². The molecule has 0 aliphatic carbocycles. The van der Waals surface area contributed by atoms with Crippen molar-refractivity contribution >= 4 is 28.6 Å². The molecule has 0 unspecified atom stereocenters. The van der Waals surface area contributed by atoms with Crippen LogP contribution in [0.2, 0.25) is 5.02 Å². The molecule has 0 saturated heterocycles. The number of hydrogen-bond acceptors (Lipinski definition) is 4. The van der Waals surface area contributed by atoms with Gasteiger partial charge < -0.3 is 10.5 Å². The van der Waals surface area contributed by atoms with Gasteiger partial charge in [0.25, 0.3) is 0 Å². The summed E-state index contributed by atoms with van der Waals surface area (Å²) in [5, 5.41) is 0.527. The van der Waals surface area contributed by atoms with Crippen molar-refractivity contribution in [1.29, 1.82) is 0 Å². The molecule has 78 valence electrons. The summed E-state index contributed by atoms with van der Waals surface area (Å²) in [5.41, 5.74) is 7.97. The van der Waals surface area contributed by atoms with Gasteiger partial charge in [-0.05, 0) is 18.2 Å². The van der Waals surface area contributed by atoms with Crippen LogP contribution in [0.1, 0.15) is 4.88 Å². The SMILES string of the molecule is Nc1ccc(OCc2cncs2)c(Cl)c1. The molecule has 3 nitrogen and oxygen atoms in total. The van der Waals surface area contributed by atoms with Crippen LogP contribution in [-0.4, -0.2) is 4.98 Å². The molecule has 0 aliphatic rings. The number of nitrogens with zero attached hydrogens (tertiary/aromatic N) is 1. The molecule has 2 aromatic rings. The highest BCUT2D eigenvalue weighted by Crippen LogP contribution is 2.27. The maximum Gasteiger partial charge on any atom is 0.138 e. The second-order valence-electron chi connectivity index (χ2n) is 2.95. The molecular formula is C10H9ClN2OS. The standard InChI is InChI=1S/C10H9ClN2OS/c11-9-3-7(12)1-2-10(9)14-5-8-4-13-6-15-8/h1-4,6H,5,12H2. The maximum absolute atomic E-state index is 5.95. The van der Waals surface area contributed by atoms with Crippen molar-refractivity contribution in [2.24, 2.45) is 0 Å². The minimum atomic E-state index is 0.480. The molecule has 5 heteroatoms. The monoisotopic (exact) mass is 240 g/mol. The summed E-state index contributed by atoms with van der Waals surface area (Å²) in [6, 6.07) is 5.19. The molecule has 0 fully saturated rings. The van der Waals surface area contributed by atoms with Crippen molar-refractivity contribution in [2.45, 2.75) is 6.61 Å². The van der Waals surface area contributed by atoms with Crippen LogP contribution in [0.3, 0.4) is 0 Å². The van der Waals surface area contributed by atoms with Gasteiger partial charge in [-0.2, -0.15) is 0 Å². The zero-order chi connectivity index (χ0) is 10.7. The number of anilines is 1. The van der Waals surface area contributed by atoms with Gasteiger partial charge in [0.15, 0.2) is 0 Å². The highest BCUT2D eigenvalue weighted by Gasteiger charge is 2.02. The van der Waals surface area contributed by atoms with Gasteiger partial charge in [0.2, 0.25) is 0 Å². The first-order valence-electron chi connectivity index (χ1n) is 4.31. The Labute approximate surface area is 96.5 Å². The van der Waals surface area contributed by atoms with Crippen molar-refractivity contribution in [2.75, 3.05) is 5.73 Å². The molecule has 1 heterocycles. The number of nitrogen functional groups attached to an aromatic ring is 1. The second-order valence-corrected chi connectivity index (χ2v) is 4.32. The Morgan fingerprint density at radius 2 is 2.33 bits per heavy atom. The first-order valence-corrected chi connectivity index (χ1v) is 5.56. The number of rotatable bonds is 3. The van der Waals surface area contributed by atoms with E-state index in [2.05, 4.69) is 4.98 Å². The molecule has 2 N–H and O–H groups in total. The maximum atomic E-state index is 5.95. The van der Waals surface area contributed by atoms with Crippen molar-refractivity contribution in [1.82, 2.24) is 4.98 Å². The van der Waals surface area contributed by atoms with Gasteiger partial charge in [-0.25, -0.2) is 0 Å². The Morgan fingerprint density at radius 1 is 1.47 bits per heavy atom. The second kappa shape index (κ2) is 4.51. The lowest BCUT2D eigenvalue weighted by molar-refractivity contribution is 0.310. The van der Waals surface area contributed by atoms with E-state index in [1.54, 1.807) is 41.2 Å². The van der Waals surface area contributed by atoms with Crippen LogP contribution in [-0.2, 0) is 6.61 Å². The predicted molar refractivity (Wildman–Crippen MR) is 62.3 cm³/mol. The summed E-state index contributed by atoms with van der Waals surface area (Å²) >= 11 is 7.50. The number of ether oxygens (including phenoxy) is 1. The Morgan fingerprint density at radius 3 is 3.00 bits per heavy atom. The van der Waals surface area contributed by atoms with Crippen molar-refractivity contribution in [3.05, 3.63) is 39.8 Å². The lowest BCUT2D eigenvalue weighted by Gasteiger charge is -2.06. The van der Waals surface area contributed by atoms with E-state index < -0.39 is 0 Å². The number of hydrogen-bond donors (Lipinski definition) is 1. The van der Waals surface area contributed by atoms with Crippen LogP contribution in [0, 0.1) is 0 Å². The van der Waals surface area contributed by atoms with E-state index in [-0.39, 0.29) is 0 Å². The third kappa shape index (κ3) is 2.61. The summed E-state index contributed by atoms with van der Waals surface area (Å²) in [5.74, 6) is 0.638. The first-order chi connectivity index (χ1) is 7.25. The number of aromatic nitrogens is 1. The Bertz CT molecular complexity index is 445. The summed E-state index contributed by atoms with van der Waals surface area (Å²) in [7, 11) is 0. The van der Waals surface area contributed by atoms with Crippen LogP contribution >= 0.6 is 22.9 Å². The number of halogens is 1. The lowest BCUT2D eigenvalue weighted by atomic mass is 10.3. The normalized spacial score (nSPS) is 10.2. The average Bonchev–Trinajstić information content (AvgIpc) is 2.69. The van der Waals surface area contributed by atoms with Gasteiger partial charge in [-0.1, -0.05) is 11.6 Å². The zero-order valence-corrected chi connectivity index (χ0v) is 9.39. The highest BCUT2D eigenvalue weighted by atomic mass is 35.5. The molecule has 0 saturated carbocycles. The average molecular weight is 241 g/mol. The Kier molecular flexibility index (Phi) is 3.08. The summed E-state index contributed by atoms with van der Waals surface area (Å²) < 4.78 is 5.52. The number of nitrogens with two attached hydrogens (primary N) is 1. The minimum absolute atomic E-state index is 0.480. The van der Waals surface area contributed by atoms with Crippen molar-refractivity contribution < 1.29 is 4.74 Å². The van der Waals surface area contributed by atoms with Gasteiger partial charge in [-0.15, -0.1) is 11.3 Å². The van der Waals surface area contributed by atoms with Gasteiger partial charge >= 0.3 is 0 Å². The molecule has 1 aromatic carbocycles. The molecule has 0 atom stereocenters. The predicted octanol–water partition coefficient (Wildman–Crippen LogP) is 2.96. The van der Waals surface area contributed by atoms with Crippen LogP contribution in [0.25, 0.3) is 0 Å². The van der Waals surface area contributed by atoms with Gasteiger partial charge in [0.05, 0.1) is 15.4 Å². The van der Waals surface area contributed by atoms with Crippen LogP contribution in [0.15, 0.2) is 29.9 Å². The van der Waals surface area contributed by atoms with E-state index in [1.165, 1.54) is 0 Å². The third-order valence-corrected chi connectivity index (χ3v) is 2.86. The molecule has 0 aliphatic heterocycles. The highest BCUT2D eigenvalue weighted by molar-refractivity contribution is 7.09. The Hall–Kier alpha value is -1.26. The van der Waals surface area contributed by atoms with E-state index in [0.29, 0.717) is 23.1 Å². The van der Waals surface area contributed by atoms with Gasteiger partial charge in [0.1, 0.15) is 12.4 Å². The van der Waals surface area contributed by atoms with E-state index in [1.807, 2.05) is 0 Å². The summed E-state index contributed by atoms with van der Waals surface area (Å²) in [6.45, 7) is 0.480. The summed E-state index contributed by atoms with van der Waals surface area (Å²) in [4.78, 5) is 5.01. The van der Waals surface area contributed by atoms with Crippen LogP contribution in [0.5, 0.6) is 5.75 Å². The molecule has 15 heavy (non-hydrogen) atoms. The molecule has 0 radical (unpaired) electrons. The molecule has 0 spiro atoms. The molecule has 2 rings (SSSR count).